The Morgan fingerprint density at radius 2 is 2.05 bits per heavy atom. The van der Waals surface area contributed by atoms with Gasteiger partial charge in [0.1, 0.15) is 23.3 Å². The number of likely N-dealkylation sites (tertiary alicyclic amines) is 1. The van der Waals surface area contributed by atoms with Crippen LogP contribution in [0.1, 0.15) is 58.6 Å². The SMILES string of the molecule is CC(CCCNc1c(N)cnc2ccc(Br)cc12)Oc1ccc(F)cc1[C@H]1C[C@H](F)CN1C(=O)OC(C)(C)C. The first kappa shape index (κ1) is 28.9. The van der Waals surface area contributed by atoms with E-state index >= 15 is 0 Å². The first-order valence-corrected chi connectivity index (χ1v) is 13.9. The Kier molecular flexibility index (Phi) is 8.83. The Labute approximate surface area is 236 Å². The van der Waals surface area contributed by atoms with E-state index in [0.29, 0.717) is 30.0 Å². The number of ether oxygens (including phenoxy) is 2. The van der Waals surface area contributed by atoms with Crippen LogP contribution in [-0.4, -0.2) is 46.9 Å². The molecule has 0 bridgehead atoms. The Morgan fingerprint density at radius 3 is 2.79 bits per heavy atom. The molecule has 2 aromatic carbocycles. The summed E-state index contributed by atoms with van der Waals surface area (Å²) in [4.78, 5) is 18.5. The molecule has 1 saturated heterocycles. The van der Waals surface area contributed by atoms with Crippen molar-refractivity contribution in [2.24, 2.45) is 0 Å². The average molecular weight is 606 g/mol. The quantitative estimate of drug-likeness (QED) is 0.260. The van der Waals surface area contributed by atoms with Crippen LogP contribution in [0.3, 0.4) is 0 Å². The second-order valence-corrected chi connectivity index (χ2v) is 11.8. The van der Waals surface area contributed by atoms with Gasteiger partial charge in [-0.05, 0) is 76.9 Å². The number of aromatic nitrogens is 1. The second-order valence-electron chi connectivity index (χ2n) is 10.9. The minimum atomic E-state index is -1.24. The number of halogens is 3. The standard InChI is InChI=1S/C29H35BrF2N4O3/c1-17(6-5-11-34-27-21-12-18(30)7-9-24(21)35-15-23(27)33)38-26-10-8-19(31)13-22(26)25-14-20(32)16-36(25)28(37)39-29(2,3)4/h7-10,12-13,15,17,20,25H,5-6,11,14,16,33H2,1-4H3,(H,34,35)/t17?,20-,25+/m0/s1. The number of nitrogens with one attached hydrogen (secondary N) is 1. The van der Waals surface area contributed by atoms with Crippen LogP contribution >= 0.6 is 15.9 Å². The maximum atomic E-state index is 14.5. The van der Waals surface area contributed by atoms with E-state index in [9.17, 15) is 13.6 Å². The highest BCUT2D eigenvalue weighted by molar-refractivity contribution is 9.10. The third-order valence-electron chi connectivity index (χ3n) is 6.49. The highest BCUT2D eigenvalue weighted by atomic mass is 79.9. The van der Waals surface area contributed by atoms with Gasteiger partial charge in [0.05, 0.1) is 41.8 Å². The number of fused-ring (bicyclic) bond motifs is 1. The maximum Gasteiger partial charge on any atom is 0.410 e. The topological polar surface area (TPSA) is 89.7 Å². The molecule has 0 aliphatic carbocycles. The zero-order valence-electron chi connectivity index (χ0n) is 22.6. The summed E-state index contributed by atoms with van der Waals surface area (Å²) in [5, 5.41) is 4.35. The number of alkyl halides is 1. The summed E-state index contributed by atoms with van der Waals surface area (Å²) in [5.74, 6) is -0.0480. The summed E-state index contributed by atoms with van der Waals surface area (Å²) in [7, 11) is 0. The van der Waals surface area contributed by atoms with E-state index < -0.39 is 29.7 Å². The first-order chi connectivity index (χ1) is 18.4. The lowest BCUT2D eigenvalue weighted by Gasteiger charge is -2.29. The van der Waals surface area contributed by atoms with E-state index in [-0.39, 0.29) is 19.1 Å². The van der Waals surface area contributed by atoms with Gasteiger partial charge in [-0.2, -0.15) is 0 Å². The van der Waals surface area contributed by atoms with Crippen LogP contribution < -0.4 is 15.8 Å². The van der Waals surface area contributed by atoms with Gasteiger partial charge < -0.3 is 20.5 Å². The molecule has 0 spiro atoms. The molecule has 1 amide bonds. The van der Waals surface area contributed by atoms with Gasteiger partial charge in [-0.1, -0.05) is 15.9 Å². The third kappa shape index (κ3) is 7.29. The number of anilines is 2. The first-order valence-electron chi connectivity index (χ1n) is 13.1. The van der Waals surface area contributed by atoms with Gasteiger partial charge in [-0.3, -0.25) is 9.88 Å². The Hall–Kier alpha value is -3.14. The van der Waals surface area contributed by atoms with Crippen LogP contribution in [0.25, 0.3) is 10.9 Å². The Balaban J connectivity index is 1.41. The van der Waals surface area contributed by atoms with Crippen LogP contribution in [0.15, 0.2) is 47.1 Å². The fourth-order valence-electron chi connectivity index (χ4n) is 4.75. The van der Waals surface area contributed by atoms with Crippen molar-refractivity contribution in [3.05, 3.63) is 58.4 Å². The number of benzene rings is 2. The third-order valence-corrected chi connectivity index (χ3v) is 6.98. The van der Waals surface area contributed by atoms with E-state index in [1.807, 2.05) is 25.1 Å². The van der Waals surface area contributed by atoms with Gasteiger partial charge in [0.15, 0.2) is 0 Å². The van der Waals surface area contributed by atoms with Crippen molar-refractivity contribution in [1.29, 1.82) is 0 Å². The number of nitrogens with zero attached hydrogens (tertiary/aromatic N) is 2. The van der Waals surface area contributed by atoms with Crippen molar-refractivity contribution in [1.82, 2.24) is 9.88 Å². The molecule has 1 fully saturated rings. The molecule has 210 valence electrons. The summed E-state index contributed by atoms with van der Waals surface area (Å²) < 4.78 is 41.4. The number of hydrogen-bond acceptors (Lipinski definition) is 6. The maximum absolute atomic E-state index is 14.5. The Morgan fingerprint density at radius 1 is 1.28 bits per heavy atom. The van der Waals surface area contributed by atoms with Gasteiger partial charge >= 0.3 is 6.09 Å². The largest absolute Gasteiger partial charge is 0.490 e. The number of rotatable bonds is 8. The molecular formula is C29H35BrF2N4O3. The molecule has 1 aliphatic heterocycles. The predicted octanol–water partition coefficient (Wildman–Crippen LogP) is 7.40. The van der Waals surface area contributed by atoms with Gasteiger partial charge in [-0.25, -0.2) is 13.6 Å². The van der Waals surface area contributed by atoms with Gasteiger partial charge in [0.25, 0.3) is 0 Å². The zero-order valence-corrected chi connectivity index (χ0v) is 24.2. The van der Waals surface area contributed by atoms with E-state index in [4.69, 9.17) is 15.2 Å². The van der Waals surface area contributed by atoms with Gasteiger partial charge in [0, 0.05) is 28.4 Å². The molecule has 1 aromatic heterocycles. The van der Waals surface area contributed by atoms with E-state index in [1.54, 1.807) is 33.0 Å². The molecule has 1 aliphatic rings. The highest BCUT2D eigenvalue weighted by Gasteiger charge is 2.40. The van der Waals surface area contributed by atoms with Crippen LogP contribution in [-0.2, 0) is 4.74 Å². The molecular weight excluding hydrogens is 570 g/mol. The number of amides is 1. The van der Waals surface area contributed by atoms with Crippen molar-refractivity contribution < 1.29 is 23.0 Å². The van der Waals surface area contributed by atoms with Crippen LogP contribution in [0.2, 0.25) is 0 Å². The lowest BCUT2D eigenvalue weighted by molar-refractivity contribution is 0.0214. The number of carbonyl (C=O) groups excluding carboxylic acids is 1. The Bertz CT molecular complexity index is 1330. The molecule has 10 heteroatoms. The fraction of sp³-hybridized carbons (Fsp3) is 0.448. The lowest BCUT2D eigenvalue weighted by atomic mass is 10.0. The van der Waals surface area contributed by atoms with Gasteiger partial charge in [0.2, 0.25) is 0 Å². The van der Waals surface area contributed by atoms with Crippen LogP contribution in [0.5, 0.6) is 5.75 Å². The molecule has 3 N–H and O–H groups in total. The molecule has 39 heavy (non-hydrogen) atoms. The summed E-state index contributed by atoms with van der Waals surface area (Å²) in [6, 6.07) is 9.33. The summed E-state index contributed by atoms with van der Waals surface area (Å²) in [6.45, 7) is 7.72. The summed E-state index contributed by atoms with van der Waals surface area (Å²) in [6.07, 6.45) is 1.09. The molecule has 0 saturated carbocycles. The molecule has 2 heterocycles. The molecule has 0 radical (unpaired) electrons. The number of nitrogens with two attached hydrogens (primary N) is 1. The van der Waals surface area contributed by atoms with E-state index in [0.717, 1.165) is 27.5 Å². The molecule has 4 rings (SSSR count). The number of carbonyl (C=O) groups is 1. The lowest BCUT2D eigenvalue weighted by Crippen LogP contribution is -2.37. The van der Waals surface area contributed by atoms with Gasteiger partial charge in [-0.15, -0.1) is 0 Å². The molecule has 7 nitrogen and oxygen atoms in total. The number of pyridine rings is 1. The number of nitrogen functional groups attached to an aromatic ring is 1. The minimum Gasteiger partial charge on any atom is -0.490 e. The summed E-state index contributed by atoms with van der Waals surface area (Å²) >= 11 is 3.50. The fourth-order valence-corrected chi connectivity index (χ4v) is 5.11. The zero-order chi connectivity index (χ0) is 28.3. The highest BCUT2D eigenvalue weighted by Crippen LogP contribution is 2.40. The predicted molar refractivity (Wildman–Crippen MR) is 153 cm³/mol. The smallest absolute Gasteiger partial charge is 0.410 e. The van der Waals surface area contributed by atoms with Crippen LogP contribution in [0, 0.1) is 5.82 Å². The van der Waals surface area contributed by atoms with Crippen molar-refractivity contribution in [2.75, 3.05) is 24.1 Å². The van der Waals surface area contributed by atoms with Crippen molar-refractivity contribution in [2.45, 2.75) is 70.9 Å². The van der Waals surface area contributed by atoms with Crippen molar-refractivity contribution in [3.8, 4) is 5.75 Å². The van der Waals surface area contributed by atoms with E-state index in [1.165, 1.54) is 17.0 Å². The monoisotopic (exact) mass is 604 g/mol. The number of hydrogen-bond donors (Lipinski definition) is 2. The molecule has 3 atom stereocenters. The molecule has 1 unspecified atom stereocenters. The normalized spacial score (nSPS) is 18.3. The van der Waals surface area contributed by atoms with Crippen LogP contribution in [0.4, 0.5) is 25.0 Å². The molecule has 3 aromatic rings. The average Bonchev–Trinajstić information content (AvgIpc) is 3.24. The second kappa shape index (κ2) is 11.9. The van der Waals surface area contributed by atoms with Crippen molar-refractivity contribution >= 4 is 44.3 Å². The summed E-state index contributed by atoms with van der Waals surface area (Å²) in [5.41, 5.74) is 8.14. The minimum absolute atomic E-state index is 0.0504. The van der Waals surface area contributed by atoms with E-state index in [2.05, 4.69) is 26.2 Å². The van der Waals surface area contributed by atoms with Crippen molar-refractivity contribution in [3.63, 3.8) is 0 Å².